The number of anilines is 2. The fourth-order valence-corrected chi connectivity index (χ4v) is 4.38. The number of nitrogens with zero attached hydrogens (tertiary/aromatic N) is 3. The predicted molar refractivity (Wildman–Crippen MR) is 130 cm³/mol. The number of carboxylic acids is 1. The van der Waals surface area contributed by atoms with Gasteiger partial charge < -0.3 is 20.1 Å². The summed E-state index contributed by atoms with van der Waals surface area (Å²) in [7, 11) is 0. The number of hydrogen-bond donors (Lipinski definition) is 2. The molecule has 1 fully saturated rings. The maximum absolute atomic E-state index is 13.8. The number of carbonyl (C=O) groups excluding carboxylic acids is 1. The third-order valence-corrected chi connectivity index (χ3v) is 6.22. The van der Waals surface area contributed by atoms with E-state index in [1.807, 2.05) is 43.0 Å². The van der Waals surface area contributed by atoms with Gasteiger partial charge in [0.15, 0.2) is 0 Å². The highest BCUT2D eigenvalue weighted by atomic mass is 19.3. The Hall–Kier alpha value is -4.08. The van der Waals surface area contributed by atoms with Crippen LogP contribution < -0.4 is 15.0 Å². The van der Waals surface area contributed by atoms with Crippen molar-refractivity contribution >= 4 is 23.4 Å². The monoisotopic (exact) mass is 496 g/mol. The van der Waals surface area contributed by atoms with E-state index in [1.165, 1.54) is 18.3 Å². The van der Waals surface area contributed by atoms with Gasteiger partial charge in [-0.05, 0) is 48.2 Å². The molecule has 8 nitrogen and oxygen atoms in total. The summed E-state index contributed by atoms with van der Waals surface area (Å²) in [5, 5.41) is 11.9. The molecule has 36 heavy (non-hydrogen) atoms. The van der Waals surface area contributed by atoms with Crippen molar-refractivity contribution in [1.29, 1.82) is 0 Å². The van der Waals surface area contributed by atoms with Crippen molar-refractivity contribution in [3.8, 4) is 5.88 Å². The van der Waals surface area contributed by atoms with Gasteiger partial charge in [0, 0.05) is 25.0 Å². The van der Waals surface area contributed by atoms with Crippen LogP contribution in [0.3, 0.4) is 0 Å². The largest absolute Gasteiger partial charge is 0.478 e. The summed E-state index contributed by atoms with van der Waals surface area (Å²) in [5.74, 6) is -1.16. The summed E-state index contributed by atoms with van der Waals surface area (Å²) in [4.78, 5) is 35.1. The fraction of sp³-hybridized carbons (Fsp3) is 0.308. The van der Waals surface area contributed by atoms with E-state index in [0.717, 1.165) is 11.1 Å². The summed E-state index contributed by atoms with van der Waals surface area (Å²) in [6, 6.07) is 13.8. The smallest absolute Gasteiger partial charge is 0.388 e. The van der Waals surface area contributed by atoms with Crippen molar-refractivity contribution in [3.63, 3.8) is 0 Å². The number of carboxylic acid groups (broad SMARTS) is 1. The Morgan fingerprint density at radius 1 is 1.11 bits per heavy atom. The molecule has 0 spiro atoms. The topological polar surface area (TPSA) is 105 Å². The summed E-state index contributed by atoms with van der Waals surface area (Å²) >= 11 is 0. The number of hydrogen-bond acceptors (Lipinski definition) is 6. The fourth-order valence-electron chi connectivity index (χ4n) is 4.38. The van der Waals surface area contributed by atoms with Gasteiger partial charge in [0.25, 0.3) is 0 Å². The molecule has 0 aliphatic carbocycles. The molecular weight excluding hydrogens is 470 g/mol. The molecule has 1 amide bonds. The van der Waals surface area contributed by atoms with Crippen LogP contribution in [-0.2, 0) is 10.2 Å². The van der Waals surface area contributed by atoms with Crippen LogP contribution in [-0.4, -0.2) is 46.7 Å². The first-order chi connectivity index (χ1) is 17.1. The summed E-state index contributed by atoms with van der Waals surface area (Å²) in [5.41, 5.74) is 1.39. The average molecular weight is 497 g/mol. The molecule has 188 valence electrons. The number of aromatic nitrogens is 2. The Balaban J connectivity index is 1.69. The molecule has 0 unspecified atom stereocenters. The first-order valence-corrected chi connectivity index (χ1v) is 11.4. The second-order valence-electron chi connectivity index (χ2n) is 9.03. The number of aromatic carboxylic acids is 1. The molecule has 2 aromatic heterocycles. The third kappa shape index (κ3) is 4.84. The number of alkyl halides is 2. The highest BCUT2D eigenvalue weighted by Gasteiger charge is 2.52. The van der Waals surface area contributed by atoms with E-state index < -0.39 is 23.9 Å². The molecule has 4 rings (SSSR count). The molecule has 10 heteroatoms. The van der Waals surface area contributed by atoms with Crippen molar-refractivity contribution in [2.24, 2.45) is 0 Å². The molecule has 0 atom stereocenters. The number of ether oxygens (including phenoxy) is 1. The second kappa shape index (κ2) is 9.88. The zero-order valence-electron chi connectivity index (χ0n) is 20.0. The number of pyridine rings is 2. The zero-order valence-corrected chi connectivity index (χ0v) is 20.0. The number of rotatable bonds is 8. The Morgan fingerprint density at radius 3 is 2.44 bits per heavy atom. The van der Waals surface area contributed by atoms with Crippen LogP contribution in [0.5, 0.6) is 5.88 Å². The van der Waals surface area contributed by atoms with Crippen molar-refractivity contribution in [2.45, 2.75) is 38.7 Å². The molecule has 0 bridgehead atoms. The van der Waals surface area contributed by atoms with Gasteiger partial charge in [-0.25, -0.2) is 14.8 Å². The summed E-state index contributed by atoms with van der Waals surface area (Å²) < 4.78 is 30.5. The Bertz CT molecular complexity index is 1280. The van der Waals surface area contributed by atoms with E-state index in [2.05, 4.69) is 20.0 Å². The Labute approximate surface area is 207 Å². The molecule has 1 aromatic carbocycles. The minimum Gasteiger partial charge on any atom is -0.478 e. The molecule has 3 heterocycles. The van der Waals surface area contributed by atoms with Gasteiger partial charge in [-0.1, -0.05) is 38.1 Å². The molecule has 1 aliphatic rings. The van der Waals surface area contributed by atoms with Gasteiger partial charge in [-0.3, -0.25) is 4.79 Å². The van der Waals surface area contributed by atoms with Gasteiger partial charge in [0.2, 0.25) is 11.8 Å². The molecule has 3 aromatic rings. The van der Waals surface area contributed by atoms with Crippen LogP contribution in [0.2, 0.25) is 0 Å². The molecule has 0 radical (unpaired) electrons. The van der Waals surface area contributed by atoms with E-state index in [9.17, 15) is 18.4 Å². The highest BCUT2D eigenvalue weighted by molar-refractivity contribution is 6.02. The number of amides is 1. The molecular formula is C26H26F2N4O4. The van der Waals surface area contributed by atoms with E-state index in [1.54, 1.807) is 19.1 Å². The number of halogens is 2. The normalized spacial score (nSPS) is 14.5. The minimum atomic E-state index is -3.09. The van der Waals surface area contributed by atoms with E-state index >= 15 is 0 Å². The quantitative estimate of drug-likeness (QED) is 0.469. The van der Waals surface area contributed by atoms with Crippen LogP contribution in [0.1, 0.15) is 46.9 Å². The standard InChI is InChI=1S/C26H26F2N4O4/c1-15(2)18-6-4-5-7-19(18)26(13-32(14-26)21-11-9-17(12-29-21)23(33)34)24(35)31-20-10-8-16(3)30-22(20)36-25(27)28/h4-12,15,25H,13-14H2,1-3H3,(H,31,35)(H,33,34). The third-order valence-electron chi connectivity index (χ3n) is 6.22. The molecule has 2 N–H and O–H groups in total. The van der Waals surface area contributed by atoms with Crippen LogP contribution in [0, 0.1) is 6.92 Å². The van der Waals surface area contributed by atoms with Gasteiger partial charge >= 0.3 is 12.6 Å². The highest BCUT2D eigenvalue weighted by Crippen LogP contribution is 2.42. The van der Waals surface area contributed by atoms with Crippen molar-refractivity contribution in [3.05, 3.63) is 77.1 Å². The minimum absolute atomic E-state index is 0.0506. The SMILES string of the molecule is Cc1ccc(NC(=O)C2(c3ccccc3C(C)C)CN(c3ccc(C(=O)O)cn3)C2)c(OC(F)F)n1. The van der Waals surface area contributed by atoms with E-state index in [4.69, 9.17) is 5.11 Å². The van der Waals surface area contributed by atoms with Crippen molar-refractivity contribution in [2.75, 3.05) is 23.3 Å². The van der Waals surface area contributed by atoms with E-state index in [-0.39, 0.29) is 36.1 Å². The van der Waals surface area contributed by atoms with Crippen LogP contribution in [0.25, 0.3) is 0 Å². The second-order valence-corrected chi connectivity index (χ2v) is 9.03. The maximum atomic E-state index is 13.8. The number of nitrogens with one attached hydrogen (secondary N) is 1. The lowest BCUT2D eigenvalue weighted by Crippen LogP contribution is -2.65. The number of carbonyl (C=O) groups is 2. The average Bonchev–Trinajstić information content (AvgIpc) is 2.80. The lowest BCUT2D eigenvalue weighted by atomic mass is 9.69. The molecule has 1 aliphatic heterocycles. The van der Waals surface area contributed by atoms with Gasteiger partial charge in [0.05, 0.1) is 5.56 Å². The summed E-state index contributed by atoms with van der Waals surface area (Å²) in [6.07, 6.45) is 1.27. The first-order valence-electron chi connectivity index (χ1n) is 11.4. The molecule has 1 saturated heterocycles. The first kappa shape index (κ1) is 25.0. The van der Waals surface area contributed by atoms with Gasteiger partial charge in [0.1, 0.15) is 16.9 Å². The number of aryl methyl sites for hydroxylation is 1. The lowest BCUT2D eigenvalue weighted by molar-refractivity contribution is -0.122. The Morgan fingerprint density at radius 2 is 1.83 bits per heavy atom. The Kier molecular flexibility index (Phi) is 6.87. The molecule has 0 saturated carbocycles. The maximum Gasteiger partial charge on any atom is 0.388 e. The van der Waals surface area contributed by atoms with Crippen molar-refractivity contribution in [1.82, 2.24) is 9.97 Å². The van der Waals surface area contributed by atoms with Crippen molar-refractivity contribution < 1.29 is 28.2 Å². The predicted octanol–water partition coefficient (Wildman–Crippen LogP) is 4.60. The van der Waals surface area contributed by atoms with Crippen LogP contribution in [0.15, 0.2) is 54.7 Å². The van der Waals surface area contributed by atoms with E-state index in [0.29, 0.717) is 11.5 Å². The lowest BCUT2D eigenvalue weighted by Gasteiger charge is -2.50. The number of benzene rings is 1. The van der Waals surface area contributed by atoms with Crippen LogP contribution >= 0.6 is 0 Å². The van der Waals surface area contributed by atoms with Gasteiger partial charge in [-0.2, -0.15) is 8.78 Å². The zero-order chi connectivity index (χ0) is 26.0. The van der Waals surface area contributed by atoms with Crippen LogP contribution in [0.4, 0.5) is 20.3 Å². The summed E-state index contributed by atoms with van der Waals surface area (Å²) in [6.45, 7) is 3.12. The van der Waals surface area contributed by atoms with Gasteiger partial charge in [-0.15, -0.1) is 0 Å².